The zero-order chi connectivity index (χ0) is 27.7. The second-order valence-corrected chi connectivity index (χ2v) is 9.43. The van der Waals surface area contributed by atoms with Gasteiger partial charge < -0.3 is 29.2 Å². The zero-order valence-electron chi connectivity index (χ0n) is 22.8. The molecule has 5 rings (SSSR count). The van der Waals surface area contributed by atoms with Gasteiger partial charge in [0.1, 0.15) is 6.61 Å². The topological polar surface area (TPSA) is 135 Å². The maximum Gasteiger partial charge on any atom is 0.228 e. The molecule has 2 aliphatic rings. The van der Waals surface area contributed by atoms with Gasteiger partial charge in [0, 0.05) is 49.9 Å². The van der Waals surface area contributed by atoms with Gasteiger partial charge in [0.05, 0.1) is 44.3 Å². The van der Waals surface area contributed by atoms with E-state index in [4.69, 9.17) is 28.9 Å². The van der Waals surface area contributed by atoms with Gasteiger partial charge in [-0.15, -0.1) is 4.91 Å². The van der Waals surface area contributed by atoms with Crippen molar-refractivity contribution >= 4 is 34.3 Å². The molecule has 2 aliphatic heterocycles. The smallest absolute Gasteiger partial charge is 0.228 e. The van der Waals surface area contributed by atoms with E-state index >= 15 is 0 Å². The first kappa shape index (κ1) is 27.5. The van der Waals surface area contributed by atoms with Crippen LogP contribution in [0, 0.1) is 11.8 Å². The van der Waals surface area contributed by atoms with Gasteiger partial charge in [-0.25, -0.2) is 10.4 Å². The number of morpholine rings is 2. The maximum absolute atomic E-state index is 11.2. The Bertz CT molecular complexity index is 1340. The fraction of sp³-hybridized carbons (Fsp3) is 0.444. The molecule has 0 atom stereocenters. The lowest BCUT2D eigenvalue weighted by Gasteiger charge is -2.27. The monoisotopic (exact) mass is 550 g/mol. The molecule has 1 aromatic heterocycles. The predicted octanol–water partition coefficient (Wildman–Crippen LogP) is 2.87. The number of fused-ring (bicyclic) bond motifs is 1. The summed E-state index contributed by atoms with van der Waals surface area (Å²) in [4.78, 5) is 29.9. The molecule has 0 amide bonds. The molecule has 3 heterocycles. The number of aryl methyl sites for hydroxylation is 1. The zero-order valence-corrected chi connectivity index (χ0v) is 22.8. The summed E-state index contributed by atoms with van der Waals surface area (Å²) in [7, 11) is 1.60. The van der Waals surface area contributed by atoms with E-state index in [1.165, 1.54) is 0 Å². The van der Waals surface area contributed by atoms with Crippen molar-refractivity contribution in [1.29, 1.82) is 0 Å². The lowest BCUT2D eigenvalue weighted by molar-refractivity contribution is 0.0321. The van der Waals surface area contributed by atoms with E-state index in [-0.39, 0.29) is 5.96 Å². The van der Waals surface area contributed by atoms with E-state index in [0.717, 1.165) is 44.1 Å². The molecule has 2 N–H and O–H groups in total. The highest BCUT2D eigenvalue weighted by Gasteiger charge is 2.20. The van der Waals surface area contributed by atoms with Crippen molar-refractivity contribution in [2.75, 3.05) is 83.1 Å². The third-order valence-electron chi connectivity index (χ3n) is 6.66. The van der Waals surface area contributed by atoms with Gasteiger partial charge in [0.2, 0.25) is 11.9 Å². The highest BCUT2D eigenvalue weighted by atomic mass is 16.5. The number of nitroso groups, excluding NO2 is 1. The van der Waals surface area contributed by atoms with Gasteiger partial charge >= 0.3 is 0 Å². The normalized spacial score (nSPS) is 16.6. The molecule has 0 bridgehead atoms. The number of guanidine groups is 1. The minimum absolute atomic E-state index is 0.124. The molecular formula is C27H34N8O5. The Morgan fingerprint density at radius 1 is 1.02 bits per heavy atom. The molecule has 0 saturated carbocycles. The molecule has 212 valence electrons. The van der Waals surface area contributed by atoms with Crippen LogP contribution in [0.1, 0.15) is 5.56 Å². The lowest BCUT2D eigenvalue weighted by Crippen LogP contribution is -2.38. The van der Waals surface area contributed by atoms with Crippen LogP contribution in [-0.4, -0.2) is 93.7 Å². The molecule has 0 aliphatic carbocycles. The molecule has 13 nitrogen and oxygen atoms in total. The van der Waals surface area contributed by atoms with Crippen LogP contribution in [0.15, 0.2) is 46.7 Å². The van der Waals surface area contributed by atoms with Crippen molar-refractivity contribution in [2.24, 2.45) is 10.3 Å². The molecule has 40 heavy (non-hydrogen) atoms. The third-order valence-corrected chi connectivity index (χ3v) is 6.66. The predicted molar refractivity (Wildman–Crippen MR) is 153 cm³/mol. The van der Waals surface area contributed by atoms with E-state index in [2.05, 4.69) is 25.9 Å². The molecular weight excluding hydrogens is 516 g/mol. The van der Waals surface area contributed by atoms with Crippen LogP contribution in [-0.2, 0) is 9.47 Å². The van der Waals surface area contributed by atoms with Crippen molar-refractivity contribution in [1.82, 2.24) is 20.3 Å². The first-order chi connectivity index (χ1) is 19.6. The number of methoxy groups -OCH3 is 1. The van der Waals surface area contributed by atoms with E-state index < -0.39 is 0 Å². The number of hydrogen-bond acceptors (Lipinski definition) is 11. The van der Waals surface area contributed by atoms with Gasteiger partial charge in [0.25, 0.3) is 0 Å². The summed E-state index contributed by atoms with van der Waals surface area (Å²) in [6, 6.07) is 11.3. The molecule has 3 aromatic rings. The van der Waals surface area contributed by atoms with Crippen molar-refractivity contribution in [3.63, 3.8) is 0 Å². The molecule has 2 aromatic carbocycles. The van der Waals surface area contributed by atoms with Gasteiger partial charge in [-0.05, 0) is 30.7 Å². The quantitative estimate of drug-likeness (QED) is 0.176. The Labute approximate surface area is 232 Å². The van der Waals surface area contributed by atoms with Gasteiger partial charge in [-0.2, -0.15) is 9.98 Å². The van der Waals surface area contributed by atoms with E-state index in [0.29, 0.717) is 67.1 Å². The number of anilines is 2. The molecule has 2 saturated heterocycles. The first-order valence-electron chi connectivity index (χ1n) is 13.3. The summed E-state index contributed by atoms with van der Waals surface area (Å²) in [5.41, 5.74) is 4.84. The SMILES string of the molecule is COc1cc2nc(N3CCOCC3)nc(N=C(NN=O)Nc3cccc(C)c3)c2cc1OCCN1CCOCC1. The van der Waals surface area contributed by atoms with Crippen LogP contribution in [0.25, 0.3) is 10.9 Å². The summed E-state index contributed by atoms with van der Waals surface area (Å²) < 4.78 is 22.8. The minimum Gasteiger partial charge on any atom is -0.493 e. The Morgan fingerprint density at radius 3 is 2.52 bits per heavy atom. The number of nitrogens with one attached hydrogen (secondary N) is 2. The van der Waals surface area contributed by atoms with E-state index in [1.54, 1.807) is 7.11 Å². The lowest BCUT2D eigenvalue weighted by atomic mass is 10.2. The van der Waals surface area contributed by atoms with Gasteiger partial charge in [-0.1, -0.05) is 12.1 Å². The number of rotatable bonds is 9. The van der Waals surface area contributed by atoms with Crippen molar-refractivity contribution < 1.29 is 18.9 Å². The number of ether oxygens (including phenoxy) is 4. The number of hydrogen-bond donors (Lipinski definition) is 2. The molecule has 0 unspecified atom stereocenters. The number of aromatic nitrogens is 2. The second kappa shape index (κ2) is 13.3. The minimum atomic E-state index is 0.124. The van der Waals surface area contributed by atoms with Crippen LogP contribution >= 0.6 is 0 Å². The molecule has 13 heteroatoms. The molecule has 2 fully saturated rings. The number of aliphatic imine (C=N–C) groups is 1. The van der Waals surface area contributed by atoms with Crippen molar-refractivity contribution in [3.05, 3.63) is 46.9 Å². The summed E-state index contributed by atoms with van der Waals surface area (Å²) in [6.07, 6.45) is 0. The maximum atomic E-state index is 11.2. The van der Waals surface area contributed by atoms with Crippen LogP contribution < -0.4 is 25.1 Å². The van der Waals surface area contributed by atoms with Crippen molar-refractivity contribution in [3.8, 4) is 11.5 Å². The van der Waals surface area contributed by atoms with Crippen LogP contribution in [0.3, 0.4) is 0 Å². The molecule has 0 radical (unpaired) electrons. The summed E-state index contributed by atoms with van der Waals surface area (Å²) >= 11 is 0. The van der Waals surface area contributed by atoms with Crippen LogP contribution in [0.5, 0.6) is 11.5 Å². The van der Waals surface area contributed by atoms with Crippen LogP contribution in [0.2, 0.25) is 0 Å². The largest absolute Gasteiger partial charge is 0.493 e. The average molecular weight is 551 g/mol. The summed E-state index contributed by atoms with van der Waals surface area (Å²) in [6.45, 7) is 8.89. The standard InChI is InChI=1S/C27H34N8O5/c1-19-4-3-5-20(16-19)28-26(32-33-36)30-25-21-17-24(40-15-8-34-6-11-38-12-7-34)23(37-2)18-22(21)29-27(31-25)35-9-13-39-14-10-35/h3-5,16-18H,6-15H2,1-2H3,(H2,28,29,30,31,32,36). The Morgan fingerprint density at radius 2 is 1.80 bits per heavy atom. The van der Waals surface area contributed by atoms with Crippen LogP contribution in [0.4, 0.5) is 17.5 Å². The second-order valence-electron chi connectivity index (χ2n) is 9.43. The van der Waals surface area contributed by atoms with E-state index in [9.17, 15) is 4.91 Å². The number of benzene rings is 2. The molecule has 0 spiro atoms. The van der Waals surface area contributed by atoms with Gasteiger partial charge in [0.15, 0.2) is 17.3 Å². The average Bonchev–Trinajstić information content (AvgIpc) is 2.98. The highest BCUT2D eigenvalue weighted by molar-refractivity contribution is 5.99. The van der Waals surface area contributed by atoms with E-state index in [1.807, 2.05) is 48.2 Å². The fourth-order valence-corrected chi connectivity index (χ4v) is 4.57. The summed E-state index contributed by atoms with van der Waals surface area (Å²) in [5, 5.41) is 6.61. The van der Waals surface area contributed by atoms with Crippen molar-refractivity contribution in [2.45, 2.75) is 6.92 Å². The number of nitrogens with zero attached hydrogens (tertiary/aromatic N) is 6. The summed E-state index contributed by atoms with van der Waals surface area (Å²) in [5.74, 6) is 2.09. The van der Waals surface area contributed by atoms with Gasteiger partial charge in [-0.3, -0.25) is 4.90 Å². The fourth-order valence-electron chi connectivity index (χ4n) is 4.57. The third kappa shape index (κ3) is 6.92. The Kier molecular flexibility index (Phi) is 9.16. The first-order valence-corrected chi connectivity index (χ1v) is 13.3. The Balaban J connectivity index is 1.52. The highest BCUT2D eigenvalue weighted by Crippen LogP contribution is 2.36. The Hall–Kier alpha value is -4.07.